The molecule has 0 aromatic carbocycles. The van der Waals surface area contributed by atoms with Gasteiger partial charge in [-0.1, -0.05) is 0 Å². The van der Waals surface area contributed by atoms with Gasteiger partial charge < -0.3 is 4.57 Å². The van der Waals surface area contributed by atoms with Crippen molar-refractivity contribution >= 4 is 21.1 Å². The number of imidazole rings is 1. The minimum atomic E-state index is -3.13. The highest BCUT2D eigenvalue weighted by Crippen LogP contribution is 2.27. The van der Waals surface area contributed by atoms with Crippen LogP contribution in [0.2, 0.25) is 0 Å². The number of aromatic nitrogens is 5. The van der Waals surface area contributed by atoms with Gasteiger partial charge in [0.1, 0.15) is 11.3 Å². The van der Waals surface area contributed by atoms with Gasteiger partial charge in [-0.15, -0.1) is 0 Å². The molecule has 1 saturated heterocycles. The Bertz CT molecular complexity index is 1120. The number of pyridine rings is 1. The van der Waals surface area contributed by atoms with E-state index in [4.69, 9.17) is 4.98 Å². The summed E-state index contributed by atoms with van der Waals surface area (Å²) in [6.07, 6.45) is 8.83. The van der Waals surface area contributed by atoms with Gasteiger partial charge in [-0.2, -0.15) is 0 Å². The number of nitrogens with zero attached hydrogens (tertiary/aromatic N) is 6. The van der Waals surface area contributed by atoms with Crippen molar-refractivity contribution in [2.75, 3.05) is 19.3 Å². The monoisotopic (exact) mass is 414 g/mol. The van der Waals surface area contributed by atoms with Crippen LogP contribution in [0.15, 0.2) is 30.9 Å². The fraction of sp³-hybridized carbons (Fsp3) is 0.500. The summed E-state index contributed by atoms with van der Waals surface area (Å²) in [5, 5.41) is 0. The SMILES string of the molecule is CC(C)n1cnc2cnc(Cc3ccnc(C4CCN(S(C)(=O)=O)CC4)n3)cc21. The molecule has 0 atom stereocenters. The molecule has 29 heavy (non-hydrogen) atoms. The highest BCUT2D eigenvalue weighted by Gasteiger charge is 2.27. The van der Waals surface area contributed by atoms with Crippen molar-refractivity contribution in [3.63, 3.8) is 0 Å². The van der Waals surface area contributed by atoms with Crippen LogP contribution in [-0.4, -0.2) is 56.6 Å². The molecule has 9 heteroatoms. The Labute approximate surface area is 171 Å². The quantitative estimate of drug-likeness (QED) is 0.637. The Kier molecular flexibility index (Phi) is 5.35. The molecule has 1 aliphatic rings. The largest absolute Gasteiger partial charge is 0.328 e. The van der Waals surface area contributed by atoms with Crippen LogP contribution in [0.5, 0.6) is 0 Å². The zero-order valence-electron chi connectivity index (χ0n) is 17.0. The van der Waals surface area contributed by atoms with E-state index >= 15 is 0 Å². The highest BCUT2D eigenvalue weighted by atomic mass is 32.2. The van der Waals surface area contributed by atoms with Crippen molar-refractivity contribution in [3.05, 3.63) is 48.1 Å². The van der Waals surface area contributed by atoms with Gasteiger partial charge in [0.05, 0.1) is 30.0 Å². The lowest BCUT2D eigenvalue weighted by Gasteiger charge is -2.29. The minimum absolute atomic E-state index is 0.186. The Hall–Kier alpha value is -2.39. The van der Waals surface area contributed by atoms with Crippen molar-refractivity contribution in [2.24, 2.45) is 0 Å². The van der Waals surface area contributed by atoms with Gasteiger partial charge in [0, 0.05) is 43.4 Å². The van der Waals surface area contributed by atoms with Crippen molar-refractivity contribution in [3.8, 4) is 0 Å². The molecule has 0 radical (unpaired) electrons. The maximum absolute atomic E-state index is 11.7. The van der Waals surface area contributed by atoms with E-state index in [1.807, 2.05) is 18.6 Å². The van der Waals surface area contributed by atoms with Gasteiger partial charge in [-0.25, -0.2) is 27.7 Å². The number of sulfonamides is 1. The lowest BCUT2D eigenvalue weighted by atomic mass is 9.97. The van der Waals surface area contributed by atoms with E-state index in [-0.39, 0.29) is 5.92 Å². The molecule has 0 saturated carbocycles. The van der Waals surface area contributed by atoms with Crippen LogP contribution in [0.3, 0.4) is 0 Å². The third-order valence-corrected chi connectivity index (χ3v) is 6.76. The number of rotatable bonds is 5. The Balaban J connectivity index is 1.51. The summed E-state index contributed by atoms with van der Waals surface area (Å²) < 4.78 is 27.1. The predicted molar refractivity (Wildman–Crippen MR) is 111 cm³/mol. The molecular formula is C20H26N6O2S. The standard InChI is InChI=1S/C20H26N6O2S/c1-14(2)26-13-23-18-12-22-17(11-19(18)26)10-16-4-7-21-20(24-16)15-5-8-25(9-6-15)29(3,27)28/h4,7,11-15H,5-6,8-10H2,1-3H3. The van der Waals surface area contributed by atoms with E-state index < -0.39 is 10.0 Å². The minimum Gasteiger partial charge on any atom is -0.328 e. The zero-order valence-corrected chi connectivity index (χ0v) is 17.8. The molecule has 0 bridgehead atoms. The van der Waals surface area contributed by atoms with Crippen molar-refractivity contribution in [1.29, 1.82) is 0 Å². The summed E-state index contributed by atoms with van der Waals surface area (Å²) in [6, 6.07) is 4.33. The second kappa shape index (κ2) is 7.79. The molecule has 1 fully saturated rings. The van der Waals surface area contributed by atoms with Crippen LogP contribution >= 0.6 is 0 Å². The van der Waals surface area contributed by atoms with Crippen LogP contribution in [0.1, 0.15) is 55.9 Å². The molecule has 0 amide bonds. The van der Waals surface area contributed by atoms with E-state index in [0.29, 0.717) is 25.6 Å². The third kappa shape index (κ3) is 4.30. The van der Waals surface area contributed by atoms with Crippen LogP contribution in [-0.2, 0) is 16.4 Å². The number of hydrogen-bond donors (Lipinski definition) is 0. The fourth-order valence-corrected chi connectivity index (χ4v) is 4.69. The van der Waals surface area contributed by atoms with Gasteiger partial charge in [0.15, 0.2) is 0 Å². The zero-order chi connectivity index (χ0) is 20.6. The Morgan fingerprint density at radius 2 is 1.90 bits per heavy atom. The average molecular weight is 415 g/mol. The van der Waals surface area contributed by atoms with Gasteiger partial charge in [0.25, 0.3) is 0 Å². The molecule has 4 rings (SSSR count). The van der Waals surface area contributed by atoms with Gasteiger partial charge in [0.2, 0.25) is 10.0 Å². The second-order valence-electron chi connectivity index (χ2n) is 7.93. The topological polar surface area (TPSA) is 93.9 Å². The van der Waals surface area contributed by atoms with Crippen LogP contribution in [0, 0.1) is 0 Å². The molecular weight excluding hydrogens is 388 g/mol. The van der Waals surface area contributed by atoms with E-state index in [1.165, 1.54) is 10.6 Å². The molecule has 4 heterocycles. The van der Waals surface area contributed by atoms with Gasteiger partial charge >= 0.3 is 0 Å². The first-order valence-corrected chi connectivity index (χ1v) is 11.7. The summed E-state index contributed by atoms with van der Waals surface area (Å²) >= 11 is 0. The average Bonchev–Trinajstić information content (AvgIpc) is 3.11. The molecule has 3 aromatic rings. The third-order valence-electron chi connectivity index (χ3n) is 5.46. The molecule has 0 aliphatic carbocycles. The van der Waals surface area contributed by atoms with E-state index in [2.05, 4.69) is 39.4 Å². The maximum atomic E-state index is 11.7. The first-order chi connectivity index (χ1) is 13.8. The molecule has 0 spiro atoms. The predicted octanol–water partition coefficient (Wildman–Crippen LogP) is 2.53. The second-order valence-corrected chi connectivity index (χ2v) is 9.91. The molecule has 0 N–H and O–H groups in total. The number of piperidine rings is 1. The molecule has 154 valence electrons. The summed E-state index contributed by atoms with van der Waals surface area (Å²) in [5.74, 6) is 0.981. The molecule has 8 nitrogen and oxygen atoms in total. The summed E-state index contributed by atoms with van der Waals surface area (Å²) in [7, 11) is -3.13. The highest BCUT2D eigenvalue weighted by molar-refractivity contribution is 7.88. The Morgan fingerprint density at radius 1 is 1.14 bits per heavy atom. The van der Waals surface area contributed by atoms with Crippen LogP contribution in [0.4, 0.5) is 0 Å². The van der Waals surface area contributed by atoms with Gasteiger partial charge in [-0.05, 0) is 38.8 Å². The summed E-state index contributed by atoms with van der Waals surface area (Å²) in [6.45, 7) is 5.31. The lowest BCUT2D eigenvalue weighted by molar-refractivity contribution is 0.315. The smallest absolute Gasteiger partial charge is 0.211 e. The molecule has 0 unspecified atom stereocenters. The van der Waals surface area contributed by atoms with Crippen LogP contribution < -0.4 is 0 Å². The van der Waals surface area contributed by atoms with E-state index in [0.717, 1.165) is 41.1 Å². The number of fused-ring (bicyclic) bond motifs is 1. The maximum Gasteiger partial charge on any atom is 0.211 e. The van der Waals surface area contributed by atoms with Crippen molar-refractivity contribution in [1.82, 2.24) is 28.8 Å². The van der Waals surface area contributed by atoms with Crippen molar-refractivity contribution < 1.29 is 8.42 Å². The van der Waals surface area contributed by atoms with E-state index in [9.17, 15) is 8.42 Å². The fourth-order valence-electron chi connectivity index (χ4n) is 3.82. The normalized spacial score (nSPS) is 16.7. The van der Waals surface area contributed by atoms with Gasteiger partial charge in [-0.3, -0.25) is 4.98 Å². The summed E-state index contributed by atoms with van der Waals surface area (Å²) in [4.78, 5) is 18.2. The molecule has 3 aromatic heterocycles. The van der Waals surface area contributed by atoms with Crippen LogP contribution in [0.25, 0.3) is 11.0 Å². The van der Waals surface area contributed by atoms with Crippen molar-refractivity contribution in [2.45, 2.75) is 45.1 Å². The van der Waals surface area contributed by atoms with E-state index in [1.54, 1.807) is 6.20 Å². The Morgan fingerprint density at radius 3 is 2.59 bits per heavy atom. The summed E-state index contributed by atoms with van der Waals surface area (Å²) in [5.41, 5.74) is 3.83. The number of hydrogen-bond acceptors (Lipinski definition) is 6. The first-order valence-electron chi connectivity index (χ1n) is 9.89. The molecule has 1 aliphatic heterocycles. The first kappa shape index (κ1) is 19.9. The lowest BCUT2D eigenvalue weighted by Crippen LogP contribution is -2.37.